The first kappa shape index (κ1) is 52.7. The quantitative estimate of drug-likeness (QED) is 0.0219. The lowest BCUT2D eigenvalue weighted by Gasteiger charge is -2.24. The second-order valence-corrected chi connectivity index (χ2v) is 16.4. The van der Waals surface area contributed by atoms with Crippen molar-refractivity contribution in [3.63, 3.8) is 0 Å². The number of esters is 1. The van der Waals surface area contributed by atoms with Crippen LogP contribution in [-0.4, -0.2) is 75.6 Å². The zero-order valence-corrected chi connectivity index (χ0v) is 36.5. The highest BCUT2D eigenvalue weighted by Gasteiger charge is 2.26. The average Bonchev–Trinajstić information content (AvgIpc) is 3.13. The molecule has 1 N–H and O–H groups in total. The van der Waals surface area contributed by atoms with Crippen molar-refractivity contribution in [3.05, 3.63) is 85.1 Å². The second kappa shape index (κ2) is 38.5. The van der Waals surface area contributed by atoms with E-state index in [0.29, 0.717) is 24.1 Å². The molecule has 9 heteroatoms. The molecule has 0 aliphatic heterocycles. The summed E-state index contributed by atoms with van der Waals surface area (Å²) < 4.78 is 34.9. The van der Waals surface area contributed by atoms with E-state index < -0.39 is 13.9 Å². The van der Waals surface area contributed by atoms with Gasteiger partial charge < -0.3 is 18.9 Å². The Labute approximate surface area is 337 Å². The Kier molecular flexibility index (Phi) is 36.9. The van der Waals surface area contributed by atoms with E-state index in [4.69, 9.17) is 18.5 Å². The van der Waals surface area contributed by atoms with Gasteiger partial charge in [0.1, 0.15) is 19.3 Å². The van der Waals surface area contributed by atoms with Crippen LogP contribution in [0.1, 0.15) is 142 Å². The molecule has 2 atom stereocenters. The lowest BCUT2D eigenvalue weighted by atomic mass is 10.1. The third-order valence-electron chi connectivity index (χ3n) is 8.44. The first-order valence-corrected chi connectivity index (χ1v) is 22.8. The van der Waals surface area contributed by atoms with Gasteiger partial charge in [-0.1, -0.05) is 137 Å². The molecule has 2 unspecified atom stereocenters. The van der Waals surface area contributed by atoms with E-state index in [1.165, 1.54) is 25.7 Å². The van der Waals surface area contributed by atoms with Gasteiger partial charge in [-0.25, -0.2) is 4.57 Å². The van der Waals surface area contributed by atoms with Crippen molar-refractivity contribution in [2.75, 3.05) is 54.1 Å². The third-order valence-corrected chi connectivity index (χ3v) is 9.42. The number of hydrogen-bond acceptors (Lipinski definition) is 6. The summed E-state index contributed by atoms with van der Waals surface area (Å²) in [4.78, 5) is 22.8. The van der Waals surface area contributed by atoms with Gasteiger partial charge in [0.2, 0.25) is 0 Å². The zero-order chi connectivity index (χ0) is 40.6. The van der Waals surface area contributed by atoms with Crippen LogP contribution >= 0.6 is 7.82 Å². The van der Waals surface area contributed by atoms with Crippen LogP contribution in [0, 0.1) is 0 Å². The lowest BCUT2D eigenvalue weighted by Crippen LogP contribution is -2.37. The highest BCUT2D eigenvalue weighted by atomic mass is 31.2. The number of ether oxygens (including phenoxy) is 2. The van der Waals surface area contributed by atoms with Gasteiger partial charge in [0, 0.05) is 13.0 Å². The van der Waals surface area contributed by atoms with E-state index in [2.05, 4.69) is 98.9 Å². The van der Waals surface area contributed by atoms with E-state index in [0.717, 1.165) is 96.3 Å². The molecular formula is C46H81NO7P+. The number of phosphoric acid groups is 1. The number of hydrogen-bond donors (Lipinski definition) is 1. The van der Waals surface area contributed by atoms with Crippen molar-refractivity contribution in [2.24, 2.45) is 0 Å². The van der Waals surface area contributed by atoms with Crippen molar-refractivity contribution >= 4 is 13.8 Å². The lowest BCUT2D eigenvalue weighted by molar-refractivity contribution is -0.870. The van der Waals surface area contributed by atoms with E-state index in [1.807, 2.05) is 21.1 Å². The molecule has 0 rings (SSSR count). The monoisotopic (exact) mass is 791 g/mol. The van der Waals surface area contributed by atoms with Gasteiger partial charge in [-0.05, 0) is 83.5 Å². The predicted molar refractivity (Wildman–Crippen MR) is 233 cm³/mol. The summed E-state index contributed by atoms with van der Waals surface area (Å²) in [6.45, 7) is 5.34. The number of carbonyl (C=O) groups is 1. The smallest absolute Gasteiger partial charge is 0.457 e. The molecule has 0 aromatic heterocycles. The molecule has 0 amide bonds. The molecule has 316 valence electrons. The van der Waals surface area contributed by atoms with E-state index in [1.54, 1.807) is 0 Å². The Hall–Kier alpha value is -2.32. The fourth-order valence-corrected chi connectivity index (χ4v) is 5.86. The first-order chi connectivity index (χ1) is 26.6. The second-order valence-electron chi connectivity index (χ2n) is 15.0. The summed E-state index contributed by atoms with van der Waals surface area (Å²) in [5.74, 6) is -0.342. The van der Waals surface area contributed by atoms with Crippen LogP contribution in [0.2, 0.25) is 0 Å². The molecule has 55 heavy (non-hydrogen) atoms. The Bertz CT molecular complexity index is 1150. The van der Waals surface area contributed by atoms with E-state index in [9.17, 15) is 14.3 Å². The topological polar surface area (TPSA) is 91.3 Å². The normalized spacial score (nSPS) is 14.7. The van der Waals surface area contributed by atoms with Crippen molar-refractivity contribution < 1.29 is 37.3 Å². The van der Waals surface area contributed by atoms with Gasteiger partial charge in [-0.3, -0.25) is 13.8 Å². The molecule has 0 aromatic rings. The molecule has 0 radical (unpaired) electrons. The summed E-state index contributed by atoms with van der Waals surface area (Å²) in [5.41, 5.74) is 0. The van der Waals surface area contributed by atoms with E-state index in [-0.39, 0.29) is 25.8 Å². The Morgan fingerprint density at radius 1 is 0.582 bits per heavy atom. The molecule has 8 nitrogen and oxygen atoms in total. The number of quaternary nitrogens is 1. The maximum absolute atomic E-state index is 12.6. The predicted octanol–water partition coefficient (Wildman–Crippen LogP) is 12.5. The van der Waals surface area contributed by atoms with Crippen molar-refractivity contribution in [3.8, 4) is 0 Å². The number of allylic oxidation sites excluding steroid dienone is 14. The molecular weight excluding hydrogens is 709 g/mol. The average molecular weight is 791 g/mol. The van der Waals surface area contributed by atoms with Gasteiger partial charge in [-0.2, -0.15) is 0 Å². The minimum absolute atomic E-state index is 0.0753. The number of rotatable bonds is 38. The van der Waals surface area contributed by atoms with Gasteiger partial charge in [0.15, 0.2) is 0 Å². The van der Waals surface area contributed by atoms with Crippen LogP contribution in [0.25, 0.3) is 0 Å². The van der Waals surface area contributed by atoms with E-state index >= 15 is 0 Å². The summed E-state index contributed by atoms with van der Waals surface area (Å²) in [6, 6.07) is 0. The number of likely N-dealkylation sites (N-methyl/N-ethyl adjacent to an activating group) is 1. The Morgan fingerprint density at radius 2 is 1.05 bits per heavy atom. The highest BCUT2D eigenvalue weighted by Crippen LogP contribution is 2.43. The molecule has 0 fully saturated rings. The number of nitrogens with zero attached hydrogens (tertiary/aromatic N) is 1. The maximum Gasteiger partial charge on any atom is 0.472 e. The molecule has 0 aliphatic carbocycles. The largest absolute Gasteiger partial charge is 0.472 e. The summed E-state index contributed by atoms with van der Waals surface area (Å²) in [5, 5.41) is 0. The summed E-state index contributed by atoms with van der Waals surface area (Å²) in [7, 11) is 1.62. The summed E-state index contributed by atoms with van der Waals surface area (Å²) in [6.07, 6.45) is 50.5. The van der Waals surface area contributed by atoms with Crippen LogP contribution in [0.15, 0.2) is 85.1 Å². The standard InChI is InChI=1S/C46H80NO7P/c1-6-8-10-12-14-16-18-19-20-21-22-23-24-25-26-27-28-30-32-34-36-38-41-51-43-45(44-53-55(49,50)52-42-40-47(3,4)5)54-46(48)39-37-35-33-31-29-17-15-13-11-9-7-2/h8,10,13-16,19-20,22-23,25-26,28,30,45H,6-7,9,11-12,17-18,21,24,27,29,31-44H2,1-5H3/p+1/b10-8-,15-13-,16-14-,20-19-,23-22-,26-25-,30-28-. The molecule has 0 spiro atoms. The number of unbranched alkanes of at least 4 members (excludes halogenated alkanes) is 10. The molecule has 0 aromatic carbocycles. The Balaban J connectivity index is 4.31. The van der Waals surface area contributed by atoms with Crippen LogP contribution < -0.4 is 0 Å². The maximum atomic E-state index is 12.6. The molecule has 0 heterocycles. The van der Waals surface area contributed by atoms with Crippen molar-refractivity contribution in [2.45, 2.75) is 148 Å². The van der Waals surface area contributed by atoms with Gasteiger partial charge >= 0.3 is 13.8 Å². The fraction of sp³-hybridized carbons (Fsp3) is 0.674. The zero-order valence-electron chi connectivity index (χ0n) is 35.6. The molecule has 0 saturated carbocycles. The van der Waals surface area contributed by atoms with Crippen LogP contribution in [-0.2, 0) is 27.9 Å². The minimum Gasteiger partial charge on any atom is -0.457 e. The third kappa shape index (κ3) is 42.7. The summed E-state index contributed by atoms with van der Waals surface area (Å²) >= 11 is 0. The van der Waals surface area contributed by atoms with Gasteiger partial charge in [-0.15, -0.1) is 0 Å². The number of phosphoric ester groups is 1. The first-order valence-electron chi connectivity index (χ1n) is 21.3. The van der Waals surface area contributed by atoms with Crippen molar-refractivity contribution in [1.82, 2.24) is 0 Å². The SMILES string of the molecule is CC/C=C\C/C=C\C/C=C\C/C=C\C/C=C\C/C=C\CCCCCOCC(COP(=O)(O)OCC[N+](C)(C)C)OC(=O)CCCCCCC/C=C\CCCC. The van der Waals surface area contributed by atoms with Crippen LogP contribution in [0.4, 0.5) is 0 Å². The van der Waals surface area contributed by atoms with Crippen LogP contribution in [0.5, 0.6) is 0 Å². The van der Waals surface area contributed by atoms with Gasteiger partial charge in [0.05, 0.1) is 34.4 Å². The Morgan fingerprint density at radius 3 is 1.60 bits per heavy atom. The molecule has 0 saturated heterocycles. The number of carbonyl (C=O) groups excluding carboxylic acids is 1. The van der Waals surface area contributed by atoms with Crippen LogP contribution in [0.3, 0.4) is 0 Å². The molecule has 0 aliphatic rings. The fourth-order valence-electron chi connectivity index (χ4n) is 5.12. The molecule has 0 bridgehead atoms. The minimum atomic E-state index is -4.29. The van der Waals surface area contributed by atoms with Gasteiger partial charge in [0.25, 0.3) is 0 Å². The van der Waals surface area contributed by atoms with Crippen molar-refractivity contribution in [1.29, 1.82) is 0 Å². The highest BCUT2D eigenvalue weighted by molar-refractivity contribution is 7.47.